The number of halogens is 1. The van der Waals surface area contributed by atoms with Gasteiger partial charge in [0.1, 0.15) is 6.54 Å². The van der Waals surface area contributed by atoms with Gasteiger partial charge in [0.25, 0.3) is 21.8 Å². The smallest absolute Gasteiger partial charge is 0.276 e. The number of hydrogen-bond donors (Lipinski definition) is 1. The maximum atomic E-state index is 13.5. The van der Waals surface area contributed by atoms with Crippen LogP contribution in [-0.2, 0) is 19.6 Å². The number of amides is 2. The van der Waals surface area contributed by atoms with Crippen molar-refractivity contribution in [1.29, 1.82) is 0 Å². The van der Waals surface area contributed by atoms with Crippen LogP contribution in [0.15, 0.2) is 88.9 Å². The Balaban J connectivity index is 1.74. The third-order valence-electron chi connectivity index (χ3n) is 5.19. The molecule has 0 atom stereocenters. The summed E-state index contributed by atoms with van der Waals surface area (Å²) >= 11 is 6.01. The molecule has 1 N–H and O–H groups in total. The first-order chi connectivity index (χ1) is 16.7. The quantitative estimate of drug-likeness (QED) is 0.491. The molecule has 4 rings (SSSR count). The average molecular weight is 512 g/mol. The average Bonchev–Trinajstić information content (AvgIpc) is 3.16. The lowest BCUT2D eigenvalue weighted by atomic mass is 10.1. The highest BCUT2D eigenvalue weighted by Crippen LogP contribution is 2.26. The molecule has 2 amide bonds. The van der Waals surface area contributed by atoms with Gasteiger partial charge in [0.15, 0.2) is 5.71 Å². The molecule has 0 saturated carbocycles. The molecule has 1 heterocycles. The van der Waals surface area contributed by atoms with E-state index in [2.05, 4.69) is 10.4 Å². The molecule has 1 aliphatic heterocycles. The number of hydrazine groups is 1. The number of carbonyl (C=O) groups excluding carboxylic acids is 2. The van der Waals surface area contributed by atoms with Gasteiger partial charge in [-0.25, -0.2) is 13.4 Å². The van der Waals surface area contributed by atoms with Crippen LogP contribution in [0.25, 0.3) is 0 Å². The van der Waals surface area contributed by atoms with Crippen LogP contribution in [0.5, 0.6) is 0 Å². The first-order valence-electron chi connectivity index (χ1n) is 10.5. The minimum absolute atomic E-state index is 0.0335. The fourth-order valence-electron chi connectivity index (χ4n) is 3.48. The summed E-state index contributed by atoms with van der Waals surface area (Å²) in [5.74, 6) is -1.15. The molecular weight excluding hydrogens is 490 g/mol. The summed E-state index contributed by atoms with van der Waals surface area (Å²) in [5, 5.41) is 9.86. The molecule has 0 bridgehead atoms. The minimum Gasteiger partial charge on any atom is -0.320 e. The van der Waals surface area contributed by atoms with Crippen LogP contribution in [0.4, 0.5) is 11.4 Å². The van der Waals surface area contributed by atoms with E-state index in [0.717, 1.165) is 9.42 Å². The van der Waals surface area contributed by atoms with Crippen LogP contribution >= 0.6 is 11.6 Å². The Hall–Kier alpha value is -3.57. The van der Waals surface area contributed by atoms with Gasteiger partial charge in [-0.3, -0.25) is 9.59 Å². The molecule has 0 aromatic heterocycles. The zero-order chi connectivity index (χ0) is 25.2. The third kappa shape index (κ3) is 5.10. The predicted molar refractivity (Wildman–Crippen MR) is 135 cm³/mol. The van der Waals surface area contributed by atoms with Gasteiger partial charge >= 0.3 is 0 Å². The second-order valence-corrected chi connectivity index (χ2v) is 10.1. The van der Waals surface area contributed by atoms with Crippen molar-refractivity contribution in [2.45, 2.75) is 4.90 Å². The van der Waals surface area contributed by atoms with Gasteiger partial charge in [0.05, 0.1) is 16.3 Å². The van der Waals surface area contributed by atoms with Gasteiger partial charge < -0.3 is 5.32 Å². The van der Waals surface area contributed by atoms with Gasteiger partial charge in [-0.15, -0.1) is 4.41 Å². The Morgan fingerprint density at radius 1 is 0.943 bits per heavy atom. The van der Waals surface area contributed by atoms with Crippen molar-refractivity contribution in [1.82, 2.24) is 9.42 Å². The molecule has 9 nitrogen and oxygen atoms in total. The fourth-order valence-corrected chi connectivity index (χ4v) is 5.06. The topological polar surface area (TPSA) is 102 Å². The molecule has 3 aromatic rings. The Morgan fingerprint density at radius 3 is 2.23 bits per heavy atom. The zero-order valence-electron chi connectivity index (χ0n) is 18.9. The molecule has 35 heavy (non-hydrogen) atoms. The van der Waals surface area contributed by atoms with Crippen molar-refractivity contribution in [3.63, 3.8) is 0 Å². The first-order valence-corrected chi connectivity index (χ1v) is 12.3. The third-order valence-corrected chi connectivity index (χ3v) is 7.32. The molecule has 1 aliphatic rings. The number of anilines is 2. The number of hydrogen-bond acceptors (Lipinski definition) is 6. The van der Waals surface area contributed by atoms with E-state index in [-0.39, 0.29) is 10.6 Å². The number of fused-ring (bicyclic) bond motifs is 1. The number of carbonyl (C=O) groups is 2. The van der Waals surface area contributed by atoms with E-state index < -0.39 is 28.4 Å². The van der Waals surface area contributed by atoms with Crippen molar-refractivity contribution in [3.05, 3.63) is 89.4 Å². The van der Waals surface area contributed by atoms with Crippen molar-refractivity contribution >= 4 is 50.5 Å². The van der Waals surface area contributed by atoms with Crippen LogP contribution < -0.4 is 10.3 Å². The van der Waals surface area contributed by atoms with E-state index in [1.807, 2.05) is 0 Å². The van der Waals surface area contributed by atoms with Gasteiger partial charge in [-0.2, -0.15) is 10.1 Å². The van der Waals surface area contributed by atoms with E-state index in [0.29, 0.717) is 22.0 Å². The van der Waals surface area contributed by atoms with Gasteiger partial charge in [0, 0.05) is 24.7 Å². The molecule has 0 unspecified atom stereocenters. The van der Waals surface area contributed by atoms with Crippen molar-refractivity contribution in [2.24, 2.45) is 5.10 Å². The largest absolute Gasteiger partial charge is 0.320 e. The minimum atomic E-state index is -4.04. The van der Waals surface area contributed by atoms with Crippen LogP contribution in [0, 0.1) is 0 Å². The van der Waals surface area contributed by atoms with Crippen molar-refractivity contribution < 1.29 is 18.0 Å². The van der Waals surface area contributed by atoms with Gasteiger partial charge in [0.2, 0.25) is 0 Å². The molecule has 0 fully saturated rings. The normalized spacial score (nSPS) is 14.3. The lowest BCUT2D eigenvalue weighted by Gasteiger charge is -2.29. The summed E-state index contributed by atoms with van der Waals surface area (Å²) in [6, 6.07) is 21.0. The van der Waals surface area contributed by atoms with E-state index in [9.17, 15) is 18.0 Å². The molecule has 0 saturated heterocycles. The predicted octanol–water partition coefficient (Wildman–Crippen LogP) is 3.20. The van der Waals surface area contributed by atoms with Crippen LogP contribution in [0.2, 0.25) is 5.02 Å². The van der Waals surface area contributed by atoms with Crippen molar-refractivity contribution in [3.8, 4) is 0 Å². The summed E-state index contributed by atoms with van der Waals surface area (Å²) in [7, 11) is -1.00. The standard InChI is InChI=1S/C24H22ClN5O4S/c1-28(2)29(35(33,34)19-8-4-3-5-9-19)16-22(31)30(18-14-12-17(25)13-15-18)27-23-20-10-6-7-11-21(20)26-24(23)32/h3-15H,16H2,1-2H3,(H,26,27,32). The highest BCUT2D eigenvalue weighted by Gasteiger charge is 2.33. The van der Waals surface area contributed by atoms with Gasteiger partial charge in [-0.05, 0) is 42.5 Å². The lowest BCUT2D eigenvalue weighted by molar-refractivity contribution is -0.120. The molecular formula is C24H22ClN5O4S. The number of rotatable bonds is 7. The molecule has 3 aromatic carbocycles. The lowest BCUT2D eigenvalue weighted by Crippen LogP contribution is -2.48. The van der Waals surface area contributed by atoms with E-state index in [4.69, 9.17) is 11.6 Å². The number of nitrogens with zero attached hydrogens (tertiary/aromatic N) is 4. The summed E-state index contributed by atoms with van der Waals surface area (Å²) in [4.78, 5) is 26.2. The number of hydrazone groups is 1. The first kappa shape index (κ1) is 24.6. The molecule has 0 aliphatic carbocycles. The highest BCUT2D eigenvalue weighted by atomic mass is 35.5. The van der Waals surface area contributed by atoms with E-state index in [1.54, 1.807) is 66.7 Å². The summed E-state index contributed by atoms with van der Waals surface area (Å²) in [6.45, 7) is -0.563. The Labute approximate surface area is 208 Å². The second kappa shape index (κ2) is 9.96. The summed E-state index contributed by atoms with van der Waals surface area (Å²) in [5.41, 5.74) is 1.46. The van der Waals surface area contributed by atoms with Crippen molar-refractivity contribution in [2.75, 3.05) is 31.0 Å². The Bertz CT molecular complexity index is 1390. The fraction of sp³-hybridized carbons (Fsp3) is 0.125. The highest BCUT2D eigenvalue weighted by molar-refractivity contribution is 7.89. The van der Waals surface area contributed by atoms with E-state index in [1.165, 1.54) is 31.2 Å². The Morgan fingerprint density at radius 2 is 1.57 bits per heavy atom. The monoisotopic (exact) mass is 511 g/mol. The number of nitrogens with one attached hydrogen (secondary N) is 1. The molecule has 180 valence electrons. The SMILES string of the molecule is CN(C)N(CC(=O)N(/N=C1\C(=O)Nc2ccccc21)c1ccc(Cl)cc1)S(=O)(=O)c1ccccc1. The number of benzene rings is 3. The summed E-state index contributed by atoms with van der Waals surface area (Å²) in [6.07, 6.45) is 0. The van der Waals surface area contributed by atoms with Crippen LogP contribution in [0.3, 0.4) is 0 Å². The summed E-state index contributed by atoms with van der Waals surface area (Å²) < 4.78 is 27.5. The van der Waals surface area contributed by atoms with Gasteiger partial charge in [-0.1, -0.05) is 48.0 Å². The zero-order valence-corrected chi connectivity index (χ0v) is 20.5. The molecule has 0 radical (unpaired) electrons. The second-order valence-electron chi connectivity index (χ2n) is 7.78. The Kier molecular flexibility index (Phi) is 6.99. The maximum Gasteiger partial charge on any atom is 0.276 e. The number of sulfonamides is 1. The maximum absolute atomic E-state index is 13.5. The van der Waals surface area contributed by atoms with Crippen LogP contribution in [-0.4, -0.2) is 56.0 Å². The molecule has 11 heteroatoms. The molecule has 0 spiro atoms. The van der Waals surface area contributed by atoms with Crippen LogP contribution in [0.1, 0.15) is 5.56 Å². The number of para-hydroxylation sites is 1. The van der Waals surface area contributed by atoms with E-state index >= 15 is 0 Å².